The third-order valence-electron chi connectivity index (χ3n) is 2.96. The van der Waals surface area contributed by atoms with E-state index in [4.69, 9.17) is 18.0 Å². The van der Waals surface area contributed by atoms with E-state index < -0.39 is 10.0 Å². The van der Waals surface area contributed by atoms with Gasteiger partial charge in [0.25, 0.3) is 0 Å². The molecule has 0 atom stereocenters. The number of nitrogens with zero attached hydrogens (tertiary/aromatic N) is 2. The summed E-state index contributed by atoms with van der Waals surface area (Å²) in [6.45, 7) is 1.84. The summed E-state index contributed by atoms with van der Waals surface area (Å²) in [4.78, 5) is 0.446. The van der Waals surface area contributed by atoms with Crippen molar-refractivity contribution in [2.45, 2.75) is 18.4 Å². The third kappa shape index (κ3) is 3.66. The van der Waals surface area contributed by atoms with Crippen LogP contribution in [-0.4, -0.2) is 23.2 Å². The van der Waals surface area contributed by atoms with Gasteiger partial charge in [0, 0.05) is 18.8 Å². The first-order valence-electron chi connectivity index (χ1n) is 6.18. The van der Waals surface area contributed by atoms with E-state index in [1.54, 1.807) is 43.0 Å². The Morgan fingerprint density at radius 3 is 2.67 bits per heavy atom. The lowest BCUT2D eigenvalue weighted by atomic mass is 10.1. The number of rotatable bonds is 5. The van der Waals surface area contributed by atoms with Crippen LogP contribution in [0, 0.1) is 6.92 Å². The summed E-state index contributed by atoms with van der Waals surface area (Å²) in [6.07, 6.45) is 1.76. The van der Waals surface area contributed by atoms with E-state index >= 15 is 0 Å². The first-order valence-corrected chi connectivity index (χ1v) is 8.07. The van der Waals surface area contributed by atoms with Gasteiger partial charge in [-0.05, 0) is 30.7 Å². The molecule has 0 bridgehead atoms. The van der Waals surface area contributed by atoms with Crippen molar-refractivity contribution in [2.24, 2.45) is 12.8 Å². The summed E-state index contributed by atoms with van der Waals surface area (Å²) in [5.74, 6) is 0. The molecular weight excluding hydrogens is 308 g/mol. The van der Waals surface area contributed by atoms with Gasteiger partial charge in [-0.25, -0.2) is 13.1 Å². The summed E-state index contributed by atoms with van der Waals surface area (Å²) in [5, 5.41) is 4.12. The summed E-state index contributed by atoms with van der Waals surface area (Å²) in [7, 11) is -1.83. The van der Waals surface area contributed by atoms with Crippen molar-refractivity contribution < 1.29 is 8.42 Å². The molecule has 0 amide bonds. The highest BCUT2D eigenvalue weighted by atomic mass is 32.2. The Hall–Kier alpha value is -1.77. The molecule has 112 valence electrons. The fourth-order valence-electron chi connectivity index (χ4n) is 1.91. The Morgan fingerprint density at radius 1 is 1.43 bits per heavy atom. The lowest BCUT2D eigenvalue weighted by molar-refractivity contribution is 0.579. The number of hydrogen-bond donors (Lipinski definition) is 2. The highest BCUT2D eigenvalue weighted by Gasteiger charge is 2.17. The number of thiocarbonyl (C=S) groups is 1. The number of benzene rings is 1. The third-order valence-corrected chi connectivity index (χ3v) is 4.76. The van der Waals surface area contributed by atoms with Gasteiger partial charge >= 0.3 is 0 Å². The molecule has 0 saturated heterocycles. The molecule has 21 heavy (non-hydrogen) atoms. The second-order valence-corrected chi connectivity index (χ2v) is 6.83. The number of nitrogens with two attached hydrogens (primary N) is 1. The minimum Gasteiger partial charge on any atom is -0.389 e. The molecule has 0 radical (unpaired) electrons. The van der Waals surface area contributed by atoms with E-state index in [9.17, 15) is 8.42 Å². The largest absolute Gasteiger partial charge is 0.389 e. The lowest BCUT2D eigenvalue weighted by Crippen LogP contribution is -2.24. The molecule has 6 nitrogen and oxygen atoms in total. The summed E-state index contributed by atoms with van der Waals surface area (Å²) < 4.78 is 28.8. The van der Waals surface area contributed by atoms with Crippen LogP contribution in [0.1, 0.15) is 16.8 Å². The summed E-state index contributed by atoms with van der Waals surface area (Å²) in [5.41, 5.74) is 7.42. The smallest absolute Gasteiger partial charge is 0.241 e. The Kier molecular flexibility index (Phi) is 4.40. The number of aryl methyl sites for hydroxylation is 2. The van der Waals surface area contributed by atoms with E-state index in [2.05, 4.69) is 9.82 Å². The van der Waals surface area contributed by atoms with Crippen LogP contribution in [0.4, 0.5) is 0 Å². The Morgan fingerprint density at radius 2 is 2.14 bits per heavy atom. The highest BCUT2D eigenvalue weighted by Crippen LogP contribution is 2.17. The van der Waals surface area contributed by atoms with Crippen molar-refractivity contribution >= 4 is 27.2 Å². The topological polar surface area (TPSA) is 90.0 Å². The van der Waals surface area contributed by atoms with Crippen molar-refractivity contribution in [3.63, 3.8) is 0 Å². The average molecular weight is 324 g/mol. The Labute approximate surface area is 129 Å². The van der Waals surface area contributed by atoms with Gasteiger partial charge in [-0.1, -0.05) is 18.3 Å². The predicted molar refractivity (Wildman–Crippen MR) is 84.3 cm³/mol. The molecule has 0 spiro atoms. The van der Waals surface area contributed by atoms with Gasteiger partial charge in [0.15, 0.2) is 0 Å². The van der Waals surface area contributed by atoms with Gasteiger partial charge in [-0.3, -0.25) is 4.68 Å². The first kappa shape index (κ1) is 15.6. The fourth-order valence-corrected chi connectivity index (χ4v) is 3.26. The van der Waals surface area contributed by atoms with Crippen molar-refractivity contribution in [3.05, 3.63) is 47.3 Å². The maximum atomic E-state index is 12.3. The number of aromatic nitrogens is 2. The molecule has 2 rings (SSSR count). The van der Waals surface area contributed by atoms with Gasteiger partial charge in [0.2, 0.25) is 10.0 Å². The van der Waals surface area contributed by atoms with Gasteiger partial charge in [0.1, 0.15) is 4.99 Å². The SMILES string of the molecule is Cc1cc(C(N)=S)ccc1S(=O)(=O)NCc1ccn(C)n1. The maximum absolute atomic E-state index is 12.3. The highest BCUT2D eigenvalue weighted by molar-refractivity contribution is 7.89. The molecule has 1 heterocycles. The average Bonchev–Trinajstić information content (AvgIpc) is 2.82. The van der Waals surface area contributed by atoms with Crippen molar-refractivity contribution in [1.82, 2.24) is 14.5 Å². The van der Waals surface area contributed by atoms with Crippen LogP contribution < -0.4 is 10.5 Å². The fraction of sp³-hybridized carbons (Fsp3) is 0.231. The van der Waals surface area contributed by atoms with Crippen molar-refractivity contribution in [1.29, 1.82) is 0 Å². The van der Waals surface area contributed by atoms with Crippen LogP contribution in [0.2, 0.25) is 0 Å². The molecule has 0 aliphatic rings. The number of sulfonamides is 1. The summed E-state index contributed by atoms with van der Waals surface area (Å²) >= 11 is 4.88. The molecule has 3 N–H and O–H groups in total. The van der Waals surface area contributed by atoms with E-state index in [0.29, 0.717) is 16.8 Å². The van der Waals surface area contributed by atoms with Crippen LogP contribution in [0.5, 0.6) is 0 Å². The lowest BCUT2D eigenvalue weighted by Gasteiger charge is -2.09. The van der Waals surface area contributed by atoms with Crippen LogP contribution >= 0.6 is 12.2 Å². The molecular formula is C13H16N4O2S2. The van der Waals surface area contributed by atoms with Gasteiger partial charge in [0.05, 0.1) is 17.1 Å². The predicted octanol–water partition coefficient (Wildman–Crippen LogP) is 0.841. The zero-order valence-corrected chi connectivity index (χ0v) is 13.3. The Balaban J connectivity index is 2.21. The van der Waals surface area contributed by atoms with E-state index in [0.717, 1.165) is 0 Å². The van der Waals surface area contributed by atoms with Crippen LogP contribution in [0.3, 0.4) is 0 Å². The summed E-state index contributed by atoms with van der Waals surface area (Å²) in [6, 6.07) is 6.53. The molecule has 0 unspecified atom stereocenters. The van der Waals surface area contributed by atoms with E-state index in [-0.39, 0.29) is 16.4 Å². The molecule has 1 aromatic heterocycles. The molecule has 2 aromatic rings. The number of nitrogens with one attached hydrogen (secondary N) is 1. The van der Waals surface area contributed by atoms with Crippen molar-refractivity contribution in [3.8, 4) is 0 Å². The standard InChI is InChI=1S/C13H16N4O2S2/c1-9-7-10(13(14)20)3-4-12(9)21(18,19)15-8-11-5-6-17(2)16-11/h3-7,15H,8H2,1-2H3,(H2,14,20). The number of hydrogen-bond acceptors (Lipinski definition) is 4. The monoisotopic (exact) mass is 324 g/mol. The van der Waals surface area contributed by atoms with E-state index in [1.165, 1.54) is 6.07 Å². The van der Waals surface area contributed by atoms with Crippen molar-refractivity contribution in [2.75, 3.05) is 0 Å². The normalized spacial score (nSPS) is 11.5. The van der Waals surface area contributed by atoms with Gasteiger partial charge in [-0.2, -0.15) is 5.10 Å². The molecule has 0 saturated carbocycles. The zero-order chi connectivity index (χ0) is 15.6. The second kappa shape index (κ2) is 5.92. The van der Waals surface area contributed by atoms with Crippen LogP contribution in [0.25, 0.3) is 0 Å². The maximum Gasteiger partial charge on any atom is 0.241 e. The Bertz CT molecular complexity index is 781. The minimum absolute atomic E-state index is 0.139. The zero-order valence-electron chi connectivity index (χ0n) is 11.7. The van der Waals surface area contributed by atoms with Gasteiger partial charge < -0.3 is 5.73 Å². The van der Waals surface area contributed by atoms with E-state index in [1.807, 2.05) is 0 Å². The second-order valence-electron chi connectivity index (χ2n) is 4.65. The van der Waals surface area contributed by atoms with Gasteiger partial charge in [-0.15, -0.1) is 0 Å². The molecule has 0 aliphatic heterocycles. The quantitative estimate of drug-likeness (QED) is 0.796. The molecule has 0 fully saturated rings. The van der Waals surface area contributed by atoms with Crippen LogP contribution in [-0.2, 0) is 23.6 Å². The minimum atomic E-state index is -3.61. The first-order chi connectivity index (χ1) is 9.79. The molecule has 1 aromatic carbocycles. The molecule has 0 aliphatic carbocycles. The van der Waals surface area contributed by atoms with Crippen LogP contribution in [0.15, 0.2) is 35.4 Å². The molecule has 8 heteroatoms.